The fourth-order valence-electron chi connectivity index (χ4n) is 4.93. The normalized spacial score (nSPS) is 22.0. The van der Waals surface area contributed by atoms with Crippen LogP contribution >= 0.6 is 0 Å². The van der Waals surface area contributed by atoms with Crippen LogP contribution in [0.5, 0.6) is 0 Å². The van der Waals surface area contributed by atoms with Crippen LogP contribution in [0.4, 0.5) is 0 Å². The van der Waals surface area contributed by atoms with Gasteiger partial charge in [-0.25, -0.2) is 4.79 Å². The Bertz CT molecular complexity index is 1060. The molecule has 1 rings (SSSR count). The van der Waals surface area contributed by atoms with Crippen molar-refractivity contribution in [1.82, 2.24) is 0 Å². The van der Waals surface area contributed by atoms with Crippen LogP contribution in [-0.2, 0) is 33.3 Å². The Hall–Kier alpha value is -3.09. The first kappa shape index (κ1) is 44.9. The summed E-state index contributed by atoms with van der Waals surface area (Å²) in [5.74, 6) is -2.57. The highest BCUT2D eigenvalue weighted by Gasteiger charge is 2.47. The SMILES string of the molecule is CC/C=C\C/C=C\C/C=C\C/C=C\CCC(=O)OCC(COC1OC(C(=O)O)C(O)C(O)C1O)OC(=O)CCCCCCC/C=C\CCCC. The molecule has 11 nitrogen and oxygen atoms in total. The zero-order valence-electron chi connectivity index (χ0n) is 30.1. The molecule has 11 heteroatoms. The van der Waals surface area contributed by atoms with Gasteiger partial charge in [0.15, 0.2) is 18.5 Å². The van der Waals surface area contributed by atoms with Crippen molar-refractivity contribution < 1.29 is 53.8 Å². The van der Waals surface area contributed by atoms with Crippen molar-refractivity contribution in [2.45, 2.75) is 153 Å². The van der Waals surface area contributed by atoms with Crippen LogP contribution in [0.25, 0.3) is 0 Å². The smallest absolute Gasteiger partial charge is 0.335 e. The molecule has 284 valence electrons. The number of aliphatic carboxylic acids is 1. The quantitative estimate of drug-likeness (QED) is 0.0403. The van der Waals surface area contributed by atoms with Gasteiger partial charge in [-0.2, -0.15) is 0 Å². The molecule has 1 heterocycles. The lowest BCUT2D eigenvalue weighted by molar-refractivity contribution is -0.298. The van der Waals surface area contributed by atoms with Crippen LogP contribution < -0.4 is 0 Å². The van der Waals surface area contributed by atoms with Gasteiger partial charge in [0, 0.05) is 12.8 Å². The molecule has 1 aliphatic rings. The number of aliphatic hydroxyl groups is 3. The summed E-state index contributed by atoms with van der Waals surface area (Å²) in [5, 5.41) is 39.6. The van der Waals surface area contributed by atoms with Gasteiger partial charge < -0.3 is 39.4 Å². The van der Waals surface area contributed by atoms with Crippen LogP contribution in [0.1, 0.15) is 117 Å². The summed E-state index contributed by atoms with van der Waals surface area (Å²) >= 11 is 0. The number of hydrogen-bond acceptors (Lipinski definition) is 10. The molecule has 50 heavy (non-hydrogen) atoms. The largest absolute Gasteiger partial charge is 0.479 e. The van der Waals surface area contributed by atoms with Gasteiger partial charge in [0.05, 0.1) is 6.61 Å². The van der Waals surface area contributed by atoms with E-state index in [9.17, 15) is 34.8 Å². The molecule has 1 aliphatic heterocycles. The van der Waals surface area contributed by atoms with Crippen LogP contribution in [0.15, 0.2) is 60.8 Å². The number of carboxylic acids is 1. The zero-order valence-corrected chi connectivity index (χ0v) is 30.1. The number of allylic oxidation sites excluding steroid dienone is 10. The molecule has 0 aromatic rings. The van der Waals surface area contributed by atoms with E-state index in [0.29, 0.717) is 12.8 Å². The fraction of sp³-hybridized carbons (Fsp3) is 0.667. The van der Waals surface area contributed by atoms with Crippen molar-refractivity contribution in [2.24, 2.45) is 0 Å². The Morgan fingerprint density at radius 3 is 1.86 bits per heavy atom. The van der Waals surface area contributed by atoms with Gasteiger partial charge in [0.2, 0.25) is 0 Å². The standard InChI is InChI=1S/C39H62O11/c1-3-5-7-9-11-13-15-16-18-19-21-23-25-27-32(40)47-29-31(30-48-39-36(44)34(42)35(43)37(50-39)38(45)46)49-33(41)28-26-24-22-20-17-14-12-10-8-6-4-2/h5,7,10-13,16,18,21,23,31,34-37,39,42-44H,3-4,6,8-9,14-15,17,19-20,22,24-30H2,1-2H3,(H,45,46)/b7-5-,12-10-,13-11-,18-16-,23-21-. The fourth-order valence-corrected chi connectivity index (χ4v) is 4.93. The summed E-state index contributed by atoms with van der Waals surface area (Å²) in [7, 11) is 0. The first-order chi connectivity index (χ1) is 24.2. The summed E-state index contributed by atoms with van der Waals surface area (Å²) in [4.78, 5) is 36.5. The number of carbonyl (C=O) groups is 3. The van der Waals surface area contributed by atoms with Gasteiger partial charge in [-0.15, -0.1) is 0 Å². The Morgan fingerprint density at radius 2 is 1.22 bits per heavy atom. The number of rotatable bonds is 28. The van der Waals surface area contributed by atoms with E-state index >= 15 is 0 Å². The molecule has 0 aromatic heterocycles. The molecule has 0 saturated carbocycles. The van der Waals surface area contributed by atoms with Crippen molar-refractivity contribution in [3.63, 3.8) is 0 Å². The Labute approximate surface area is 298 Å². The number of aliphatic hydroxyl groups excluding tert-OH is 3. The predicted octanol–water partition coefficient (Wildman–Crippen LogP) is 6.41. The summed E-state index contributed by atoms with van der Waals surface area (Å²) in [6.45, 7) is 3.53. The third-order valence-electron chi connectivity index (χ3n) is 7.86. The average Bonchev–Trinajstić information content (AvgIpc) is 3.09. The van der Waals surface area contributed by atoms with Crippen LogP contribution in [-0.4, -0.2) is 88.4 Å². The molecular formula is C39H62O11. The summed E-state index contributed by atoms with van der Waals surface area (Å²) in [5.41, 5.74) is 0. The molecule has 0 amide bonds. The van der Waals surface area contributed by atoms with E-state index in [4.69, 9.17) is 18.9 Å². The molecule has 6 unspecified atom stereocenters. The lowest BCUT2D eigenvalue weighted by Crippen LogP contribution is -2.60. The van der Waals surface area contributed by atoms with Gasteiger partial charge in [0.25, 0.3) is 0 Å². The first-order valence-electron chi connectivity index (χ1n) is 18.3. The number of esters is 2. The van der Waals surface area contributed by atoms with Gasteiger partial charge in [-0.1, -0.05) is 107 Å². The number of carbonyl (C=O) groups excluding carboxylic acids is 2. The van der Waals surface area contributed by atoms with E-state index in [0.717, 1.165) is 64.2 Å². The van der Waals surface area contributed by atoms with Crippen molar-refractivity contribution in [3.05, 3.63) is 60.8 Å². The topological polar surface area (TPSA) is 169 Å². The molecule has 1 saturated heterocycles. The van der Waals surface area contributed by atoms with Crippen molar-refractivity contribution in [2.75, 3.05) is 13.2 Å². The maximum absolute atomic E-state index is 12.6. The predicted molar refractivity (Wildman–Crippen MR) is 192 cm³/mol. The molecule has 0 aromatic carbocycles. The molecule has 0 spiro atoms. The third kappa shape index (κ3) is 21.9. The highest BCUT2D eigenvalue weighted by atomic mass is 16.7. The summed E-state index contributed by atoms with van der Waals surface area (Å²) in [6.07, 6.45) is 24.5. The van der Waals surface area contributed by atoms with Crippen LogP contribution in [0, 0.1) is 0 Å². The number of unbranched alkanes of at least 4 members (excludes halogenated alkanes) is 7. The zero-order chi connectivity index (χ0) is 36.8. The Kier molecular flexibility index (Phi) is 26.6. The molecule has 0 aliphatic carbocycles. The van der Waals surface area contributed by atoms with E-state index in [1.807, 2.05) is 12.2 Å². The first-order valence-corrected chi connectivity index (χ1v) is 18.3. The lowest BCUT2D eigenvalue weighted by Gasteiger charge is -2.38. The van der Waals surface area contributed by atoms with E-state index < -0.39 is 61.3 Å². The van der Waals surface area contributed by atoms with Crippen LogP contribution in [0.3, 0.4) is 0 Å². The van der Waals surface area contributed by atoms with Gasteiger partial charge in [-0.05, 0) is 57.8 Å². The number of ether oxygens (including phenoxy) is 4. The minimum Gasteiger partial charge on any atom is -0.479 e. The Balaban J connectivity index is 2.53. The molecule has 1 fully saturated rings. The van der Waals surface area contributed by atoms with E-state index in [1.54, 1.807) is 0 Å². The molecular weight excluding hydrogens is 644 g/mol. The Morgan fingerprint density at radius 1 is 0.640 bits per heavy atom. The van der Waals surface area contributed by atoms with Gasteiger partial charge in [0.1, 0.15) is 24.9 Å². The molecule has 6 atom stereocenters. The van der Waals surface area contributed by atoms with E-state index in [1.165, 1.54) is 12.8 Å². The second-order valence-corrected chi connectivity index (χ2v) is 12.3. The average molecular weight is 707 g/mol. The van der Waals surface area contributed by atoms with Gasteiger partial charge >= 0.3 is 17.9 Å². The van der Waals surface area contributed by atoms with Crippen molar-refractivity contribution in [1.29, 1.82) is 0 Å². The summed E-state index contributed by atoms with van der Waals surface area (Å²) in [6, 6.07) is 0. The molecule has 0 radical (unpaired) electrons. The van der Waals surface area contributed by atoms with Crippen molar-refractivity contribution in [3.8, 4) is 0 Å². The van der Waals surface area contributed by atoms with Crippen molar-refractivity contribution >= 4 is 17.9 Å². The van der Waals surface area contributed by atoms with E-state index in [2.05, 4.69) is 62.5 Å². The lowest BCUT2D eigenvalue weighted by atomic mass is 9.99. The monoisotopic (exact) mass is 706 g/mol. The van der Waals surface area contributed by atoms with E-state index in [-0.39, 0.29) is 19.4 Å². The highest BCUT2D eigenvalue weighted by Crippen LogP contribution is 2.23. The highest BCUT2D eigenvalue weighted by molar-refractivity contribution is 5.73. The summed E-state index contributed by atoms with van der Waals surface area (Å²) < 4.78 is 21.5. The second-order valence-electron chi connectivity index (χ2n) is 12.3. The minimum atomic E-state index is -1.87. The second kappa shape index (κ2) is 29.6. The number of carboxylic acid groups (broad SMARTS) is 1. The maximum atomic E-state index is 12.6. The van der Waals surface area contributed by atoms with Gasteiger partial charge in [-0.3, -0.25) is 9.59 Å². The number of hydrogen-bond donors (Lipinski definition) is 4. The maximum Gasteiger partial charge on any atom is 0.335 e. The molecule has 4 N–H and O–H groups in total. The minimum absolute atomic E-state index is 0.110. The molecule has 0 bridgehead atoms. The third-order valence-corrected chi connectivity index (χ3v) is 7.86. The van der Waals surface area contributed by atoms with Crippen LogP contribution in [0.2, 0.25) is 0 Å².